The second-order valence-corrected chi connectivity index (χ2v) is 0.548. The van der Waals surface area contributed by atoms with Gasteiger partial charge in [0.15, 0.2) is 0 Å². The quantitative estimate of drug-likeness (QED) is 0.192. The Morgan fingerprint density at radius 2 is 0.350 bits per heavy atom. The molecular formula is C6H6Fe2O12. The first-order valence-electron chi connectivity index (χ1n) is 2.57. The van der Waals surface area contributed by atoms with Crippen LogP contribution in [0.5, 0.6) is 0 Å². The summed E-state index contributed by atoms with van der Waals surface area (Å²) >= 11 is 0. The van der Waals surface area contributed by atoms with Crippen molar-refractivity contribution in [2.24, 2.45) is 0 Å². The normalized spacial score (nSPS) is 3.60. The molecule has 0 aliphatic rings. The van der Waals surface area contributed by atoms with E-state index in [1.165, 1.54) is 0 Å². The van der Waals surface area contributed by atoms with Gasteiger partial charge in [0.2, 0.25) is 0 Å². The fraction of sp³-hybridized carbons (Fsp3) is 0. The van der Waals surface area contributed by atoms with E-state index in [4.69, 9.17) is 59.4 Å². The molecule has 0 amide bonds. The molecule has 0 aliphatic carbocycles. The Morgan fingerprint density at radius 3 is 0.350 bits per heavy atom. The molecule has 0 atom stereocenters. The van der Waals surface area contributed by atoms with Gasteiger partial charge in [-0.25, -0.2) is 0 Å². The van der Waals surface area contributed by atoms with Crippen molar-refractivity contribution in [3.8, 4) is 0 Å². The van der Waals surface area contributed by atoms with Crippen LogP contribution in [-0.4, -0.2) is 69.5 Å². The Kier molecular flexibility index (Phi) is 743. The van der Waals surface area contributed by atoms with E-state index in [0.717, 1.165) is 0 Å². The van der Waals surface area contributed by atoms with Crippen LogP contribution >= 0.6 is 0 Å². The monoisotopic (exact) mass is 382 g/mol. The van der Waals surface area contributed by atoms with Gasteiger partial charge in [0.05, 0.1) is 0 Å². The molecule has 0 heterocycles. The SMILES string of the molecule is O=[C-]O.O=[C-]O.O=[C-]O.O=[C-]O.O=[C-]O.O=[C-]O.[Fe+3].[Fe+3]. The third kappa shape index (κ3) is 764. The molecule has 14 heteroatoms. The average Bonchev–Trinajstić information content (AvgIpc) is 2.23. The molecule has 0 aromatic rings. The second kappa shape index (κ2) is 285. The molecule has 0 aliphatic heterocycles. The molecule has 2 radical (unpaired) electrons. The van der Waals surface area contributed by atoms with Crippen LogP contribution in [0, 0.1) is 0 Å². The summed E-state index contributed by atoms with van der Waals surface area (Å²) in [4.78, 5) is 49.4. The minimum absolute atomic E-state index is 0. The molecule has 0 unspecified atom stereocenters. The molecule has 0 saturated carbocycles. The summed E-state index contributed by atoms with van der Waals surface area (Å²) in [5.74, 6) is 0. The smallest absolute Gasteiger partial charge is 0.665 e. The maximum absolute atomic E-state index is 8.24. The van der Waals surface area contributed by atoms with Crippen molar-refractivity contribution in [1.82, 2.24) is 0 Å². The largest absolute Gasteiger partial charge is 3.00 e. The zero-order chi connectivity index (χ0) is 16.2. The van der Waals surface area contributed by atoms with Gasteiger partial charge in [0.25, 0.3) is 0 Å². The van der Waals surface area contributed by atoms with Gasteiger partial charge in [-0.2, -0.15) is 0 Å². The van der Waals surface area contributed by atoms with Gasteiger partial charge in [-0.15, -0.1) is 0 Å². The Labute approximate surface area is 133 Å². The maximum Gasteiger partial charge on any atom is 3.00 e. The first kappa shape index (κ1) is 52.2. The predicted molar refractivity (Wildman–Crippen MR) is 49.9 cm³/mol. The van der Waals surface area contributed by atoms with E-state index < -0.39 is 0 Å². The van der Waals surface area contributed by atoms with E-state index in [1.54, 1.807) is 0 Å². The molecular weight excluding hydrogens is 376 g/mol. The molecule has 0 spiro atoms. The van der Waals surface area contributed by atoms with Gasteiger partial charge in [0.1, 0.15) is 0 Å². The summed E-state index contributed by atoms with van der Waals surface area (Å²) in [5, 5.41) is 40.6. The van der Waals surface area contributed by atoms with E-state index in [2.05, 4.69) is 0 Å². The van der Waals surface area contributed by atoms with Gasteiger partial charge in [-0.05, 0) is 0 Å². The minimum Gasteiger partial charge on any atom is -0.665 e. The molecule has 0 bridgehead atoms. The van der Waals surface area contributed by atoms with Crippen molar-refractivity contribution in [3.05, 3.63) is 0 Å². The van der Waals surface area contributed by atoms with Crippen LogP contribution in [-0.2, 0) is 62.9 Å². The Bertz CT molecular complexity index is 117. The summed E-state index contributed by atoms with van der Waals surface area (Å²) in [6.07, 6.45) is 0. The van der Waals surface area contributed by atoms with Crippen LogP contribution in [0.1, 0.15) is 0 Å². The van der Waals surface area contributed by atoms with Gasteiger partial charge in [-0.3, -0.25) is 0 Å². The first-order valence-corrected chi connectivity index (χ1v) is 2.57. The van der Waals surface area contributed by atoms with Crippen molar-refractivity contribution in [1.29, 1.82) is 0 Å². The molecule has 12 nitrogen and oxygen atoms in total. The summed E-state index contributed by atoms with van der Waals surface area (Å²) in [7, 11) is 0. The van der Waals surface area contributed by atoms with Crippen LogP contribution in [0.25, 0.3) is 0 Å². The molecule has 6 N–H and O–H groups in total. The zero-order valence-corrected chi connectivity index (χ0v) is 11.0. The third-order valence-electron chi connectivity index (χ3n) is 0. The van der Waals surface area contributed by atoms with Gasteiger partial charge in [-0.1, -0.05) is 38.8 Å². The Balaban J connectivity index is -0.0000000141. The molecule has 20 heavy (non-hydrogen) atoms. The van der Waals surface area contributed by atoms with E-state index in [9.17, 15) is 0 Å². The summed E-state index contributed by atoms with van der Waals surface area (Å²) in [6.45, 7) is 3.00. The van der Waals surface area contributed by atoms with Crippen LogP contribution in [0.2, 0.25) is 0 Å². The number of rotatable bonds is 0. The molecule has 0 aromatic heterocycles. The van der Waals surface area contributed by atoms with Crippen molar-refractivity contribution < 1.29 is 93.5 Å². The predicted octanol–water partition coefficient (Wildman–Crippen LogP) is -2.34. The summed E-state index contributed by atoms with van der Waals surface area (Å²) in [5.41, 5.74) is 0. The van der Waals surface area contributed by atoms with Crippen LogP contribution in [0.4, 0.5) is 0 Å². The standard InChI is InChI=1S/6CHO2.2Fe/c6*2-1-3;;/h6*(H,2,3);;/q6*-1;2*+3. The van der Waals surface area contributed by atoms with Crippen molar-refractivity contribution in [2.75, 3.05) is 0 Å². The molecule has 0 saturated heterocycles. The second-order valence-electron chi connectivity index (χ2n) is 0.548. The summed E-state index contributed by atoms with van der Waals surface area (Å²) in [6, 6.07) is 0. The first-order chi connectivity index (χ1) is 8.49. The number of hydrogen-bond donors (Lipinski definition) is 6. The van der Waals surface area contributed by atoms with Gasteiger partial charge < -0.3 is 59.4 Å². The molecule has 118 valence electrons. The third-order valence-corrected chi connectivity index (χ3v) is 0. The average molecular weight is 382 g/mol. The van der Waals surface area contributed by atoms with E-state index in [-0.39, 0.29) is 34.1 Å². The van der Waals surface area contributed by atoms with Crippen molar-refractivity contribution in [2.45, 2.75) is 0 Å². The van der Waals surface area contributed by atoms with Crippen molar-refractivity contribution >= 4 is 38.8 Å². The Hall–Kier alpha value is -2.14. The van der Waals surface area contributed by atoms with Gasteiger partial charge >= 0.3 is 34.1 Å². The molecule has 0 fully saturated rings. The topological polar surface area (TPSA) is 224 Å². The van der Waals surface area contributed by atoms with Gasteiger partial charge in [0, 0.05) is 0 Å². The Morgan fingerprint density at radius 1 is 0.350 bits per heavy atom. The fourth-order valence-electron chi connectivity index (χ4n) is 0. The van der Waals surface area contributed by atoms with E-state index in [0.29, 0.717) is 38.8 Å². The fourth-order valence-corrected chi connectivity index (χ4v) is 0. The summed E-state index contributed by atoms with van der Waals surface area (Å²) < 4.78 is 0. The minimum atomic E-state index is 0. The molecule has 0 aromatic carbocycles. The maximum atomic E-state index is 8.24. The zero-order valence-electron chi connectivity index (χ0n) is 8.84. The van der Waals surface area contributed by atoms with Crippen LogP contribution in [0.15, 0.2) is 0 Å². The number of hydrogen-bond acceptors (Lipinski definition) is 6. The van der Waals surface area contributed by atoms with Crippen LogP contribution in [0.3, 0.4) is 0 Å². The van der Waals surface area contributed by atoms with Crippen molar-refractivity contribution in [3.63, 3.8) is 0 Å². The van der Waals surface area contributed by atoms with Crippen LogP contribution < -0.4 is 0 Å². The number of aliphatic hydroxyl groups excluding tert-OH is 6. The van der Waals surface area contributed by atoms with E-state index >= 15 is 0 Å². The molecule has 0 rings (SSSR count). The van der Waals surface area contributed by atoms with E-state index in [1.807, 2.05) is 0 Å².